The Morgan fingerprint density at radius 3 is 2.39 bits per heavy atom. The Labute approximate surface area is 109 Å². The number of anilines is 1. The molecule has 18 heavy (non-hydrogen) atoms. The maximum absolute atomic E-state index is 11.6. The van der Waals surface area contributed by atoms with Crippen LogP contribution in [0.15, 0.2) is 24.3 Å². The van der Waals surface area contributed by atoms with E-state index in [2.05, 4.69) is 24.1 Å². The third-order valence-corrected chi connectivity index (χ3v) is 2.98. The highest BCUT2D eigenvalue weighted by Crippen LogP contribution is 2.05. The largest absolute Gasteiger partial charge is 0.399 e. The van der Waals surface area contributed by atoms with E-state index in [9.17, 15) is 4.79 Å². The summed E-state index contributed by atoms with van der Waals surface area (Å²) in [4.78, 5) is 13.7. The summed E-state index contributed by atoms with van der Waals surface area (Å²) in [5.41, 5.74) is 7.57. The fourth-order valence-corrected chi connectivity index (χ4v) is 1.74. The zero-order chi connectivity index (χ0) is 13.4. The molecule has 0 saturated carbocycles. The highest BCUT2D eigenvalue weighted by molar-refractivity contribution is 5.77. The summed E-state index contributed by atoms with van der Waals surface area (Å²) >= 11 is 0. The van der Waals surface area contributed by atoms with E-state index in [0.717, 1.165) is 25.2 Å². The molecule has 4 heteroatoms. The number of carbonyl (C=O) groups is 1. The number of benzene rings is 1. The van der Waals surface area contributed by atoms with E-state index in [0.29, 0.717) is 13.1 Å². The number of nitrogens with one attached hydrogen (secondary N) is 1. The van der Waals surface area contributed by atoms with Gasteiger partial charge in [0.05, 0.1) is 6.54 Å². The molecule has 4 nitrogen and oxygen atoms in total. The molecular formula is C14H23N3O. The molecular weight excluding hydrogens is 226 g/mol. The van der Waals surface area contributed by atoms with Crippen LogP contribution in [0.5, 0.6) is 0 Å². The Balaban J connectivity index is 2.25. The van der Waals surface area contributed by atoms with Crippen molar-refractivity contribution in [3.63, 3.8) is 0 Å². The van der Waals surface area contributed by atoms with E-state index < -0.39 is 0 Å². The van der Waals surface area contributed by atoms with Crippen LogP contribution < -0.4 is 11.1 Å². The molecule has 0 unspecified atom stereocenters. The van der Waals surface area contributed by atoms with Crippen molar-refractivity contribution in [2.45, 2.75) is 20.3 Å². The van der Waals surface area contributed by atoms with Gasteiger partial charge >= 0.3 is 0 Å². The number of nitrogens with two attached hydrogens (primary N) is 1. The van der Waals surface area contributed by atoms with Gasteiger partial charge in [0.25, 0.3) is 0 Å². The molecule has 1 amide bonds. The number of nitrogen functional groups attached to an aromatic ring is 1. The minimum atomic E-state index is 0.0918. The molecule has 1 aromatic rings. The number of rotatable bonds is 7. The molecule has 0 heterocycles. The highest BCUT2D eigenvalue weighted by Gasteiger charge is 2.06. The van der Waals surface area contributed by atoms with Gasteiger partial charge in [0.15, 0.2) is 0 Å². The second-order valence-electron chi connectivity index (χ2n) is 4.30. The molecule has 0 aliphatic carbocycles. The first-order valence-electron chi connectivity index (χ1n) is 6.49. The fourth-order valence-electron chi connectivity index (χ4n) is 1.74. The van der Waals surface area contributed by atoms with E-state index >= 15 is 0 Å². The second kappa shape index (κ2) is 7.71. The number of carbonyl (C=O) groups excluding carboxylic acids is 1. The second-order valence-corrected chi connectivity index (χ2v) is 4.30. The van der Waals surface area contributed by atoms with Crippen molar-refractivity contribution >= 4 is 11.6 Å². The minimum absolute atomic E-state index is 0.0918. The van der Waals surface area contributed by atoms with Gasteiger partial charge < -0.3 is 11.1 Å². The van der Waals surface area contributed by atoms with Gasteiger partial charge in [-0.25, -0.2) is 0 Å². The topological polar surface area (TPSA) is 58.4 Å². The Hall–Kier alpha value is -1.55. The van der Waals surface area contributed by atoms with E-state index in [-0.39, 0.29) is 5.91 Å². The molecule has 3 N–H and O–H groups in total. The van der Waals surface area contributed by atoms with Crippen LogP contribution in [-0.2, 0) is 11.2 Å². The number of nitrogens with zero attached hydrogens (tertiary/aromatic N) is 1. The van der Waals surface area contributed by atoms with Crippen molar-refractivity contribution in [3.8, 4) is 0 Å². The van der Waals surface area contributed by atoms with Crippen LogP contribution in [0.25, 0.3) is 0 Å². The van der Waals surface area contributed by atoms with E-state index in [1.165, 1.54) is 5.56 Å². The van der Waals surface area contributed by atoms with Gasteiger partial charge in [-0.3, -0.25) is 9.69 Å². The summed E-state index contributed by atoms with van der Waals surface area (Å²) in [5.74, 6) is 0.0918. The molecule has 100 valence electrons. The van der Waals surface area contributed by atoms with Gasteiger partial charge in [-0.15, -0.1) is 0 Å². The van der Waals surface area contributed by atoms with Gasteiger partial charge in [0.1, 0.15) is 0 Å². The van der Waals surface area contributed by atoms with E-state index in [1.807, 2.05) is 24.3 Å². The zero-order valence-electron chi connectivity index (χ0n) is 11.3. The molecule has 0 radical (unpaired) electrons. The van der Waals surface area contributed by atoms with Crippen molar-refractivity contribution in [3.05, 3.63) is 29.8 Å². The normalized spacial score (nSPS) is 10.6. The first-order chi connectivity index (χ1) is 8.65. The summed E-state index contributed by atoms with van der Waals surface area (Å²) in [6.45, 7) is 7.08. The van der Waals surface area contributed by atoms with Crippen molar-refractivity contribution in [2.24, 2.45) is 0 Å². The summed E-state index contributed by atoms with van der Waals surface area (Å²) in [6.07, 6.45) is 0.838. The van der Waals surface area contributed by atoms with Gasteiger partial charge in [-0.1, -0.05) is 26.0 Å². The van der Waals surface area contributed by atoms with Crippen LogP contribution in [-0.4, -0.2) is 37.0 Å². The van der Waals surface area contributed by atoms with Crippen LogP contribution in [0.4, 0.5) is 5.69 Å². The molecule has 0 saturated heterocycles. The summed E-state index contributed by atoms with van der Waals surface area (Å²) in [6, 6.07) is 7.75. The third kappa shape index (κ3) is 5.19. The first kappa shape index (κ1) is 14.5. The van der Waals surface area contributed by atoms with Gasteiger partial charge in [-0.2, -0.15) is 0 Å². The van der Waals surface area contributed by atoms with Crippen LogP contribution >= 0.6 is 0 Å². The van der Waals surface area contributed by atoms with Crippen LogP contribution in [0.2, 0.25) is 0 Å². The maximum atomic E-state index is 11.6. The third-order valence-electron chi connectivity index (χ3n) is 2.98. The lowest BCUT2D eigenvalue weighted by molar-refractivity contribution is -0.122. The predicted molar refractivity (Wildman–Crippen MR) is 75.4 cm³/mol. The van der Waals surface area contributed by atoms with Gasteiger partial charge in [0, 0.05) is 12.2 Å². The van der Waals surface area contributed by atoms with Crippen LogP contribution in [0.1, 0.15) is 19.4 Å². The number of hydrogen-bond donors (Lipinski definition) is 2. The number of likely N-dealkylation sites (N-methyl/N-ethyl adjacent to an activating group) is 1. The summed E-state index contributed by atoms with van der Waals surface area (Å²) < 4.78 is 0. The first-order valence-corrected chi connectivity index (χ1v) is 6.49. The average molecular weight is 249 g/mol. The standard InChI is InChI=1S/C14H23N3O/c1-3-17(4-2)11-14(18)16-10-9-12-5-7-13(15)8-6-12/h5-8H,3-4,9-11,15H2,1-2H3,(H,16,18). The molecule has 0 fully saturated rings. The summed E-state index contributed by atoms with van der Waals surface area (Å²) in [7, 11) is 0. The highest BCUT2D eigenvalue weighted by atomic mass is 16.2. The lowest BCUT2D eigenvalue weighted by Gasteiger charge is -2.17. The Bertz CT molecular complexity index is 358. The molecule has 1 rings (SSSR count). The Morgan fingerprint density at radius 1 is 1.22 bits per heavy atom. The SMILES string of the molecule is CCN(CC)CC(=O)NCCc1ccc(N)cc1. The Morgan fingerprint density at radius 2 is 1.83 bits per heavy atom. The van der Waals surface area contributed by atoms with Crippen molar-refractivity contribution < 1.29 is 4.79 Å². The van der Waals surface area contributed by atoms with Crippen molar-refractivity contribution in [1.82, 2.24) is 10.2 Å². The molecule has 0 spiro atoms. The molecule has 1 aromatic carbocycles. The van der Waals surface area contributed by atoms with Gasteiger partial charge in [0.2, 0.25) is 5.91 Å². The molecule has 0 aliphatic rings. The monoisotopic (exact) mass is 249 g/mol. The van der Waals surface area contributed by atoms with E-state index in [4.69, 9.17) is 5.73 Å². The van der Waals surface area contributed by atoms with Crippen LogP contribution in [0, 0.1) is 0 Å². The molecule has 0 aromatic heterocycles. The minimum Gasteiger partial charge on any atom is -0.399 e. The quantitative estimate of drug-likeness (QED) is 0.715. The fraction of sp³-hybridized carbons (Fsp3) is 0.500. The Kier molecular flexibility index (Phi) is 6.22. The molecule has 0 atom stereocenters. The lowest BCUT2D eigenvalue weighted by Crippen LogP contribution is -2.37. The van der Waals surface area contributed by atoms with Gasteiger partial charge in [-0.05, 0) is 37.2 Å². The predicted octanol–water partition coefficient (Wildman–Crippen LogP) is 1.27. The zero-order valence-corrected chi connectivity index (χ0v) is 11.3. The average Bonchev–Trinajstić information content (AvgIpc) is 2.38. The van der Waals surface area contributed by atoms with Crippen LogP contribution in [0.3, 0.4) is 0 Å². The number of amides is 1. The van der Waals surface area contributed by atoms with Crippen molar-refractivity contribution in [1.29, 1.82) is 0 Å². The van der Waals surface area contributed by atoms with Crippen molar-refractivity contribution in [2.75, 3.05) is 31.9 Å². The smallest absolute Gasteiger partial charge is 0.234 e. The lowest BCUT2D eigenvalue weighted by atomic mass is 10.1. The summed E-state index contributed by atoms with van der Waals surface area (Å²) in [5, 5.41) is 2.93. The molecule has 0 bridgehead atoms. The number of hydrogen-bond acceptors (Lipinski definition) is 3. The van der Waals surface area contributed by atoms with E-state index in [1.54, 1.807) is 0 Å². The molecule has 0 aliphatic heterocycles. The maximum Gasteiger partial charge on any atom is 0.234 e.